The Bertz CT molecular complexity index is 321. The molecule has 0 N–H and O–H groups in total. The Balaban J connectivity index is 4.73. The van der Waals surface area contributed by atoms with Crippen molar-refractivity contribution in [1.82, 2.24) is 0 Å². The summed E-state index contributed by atoms with van der Waals surface area (Å²) in [7, 11) is 7.97. The Morgan fingerprint density at radius 3 is 1.22 bits per heavy atom. The van der Waals surface area contributed by atoms with Crippen LogP contribution in [0.1, 0.15) is 80.1 Å². The largest absolute Gasteiger partial charge is 0.473 e. The van der Waals surface area contributed by atoms with Crippen molar-refractivity contribution >= 4 is 20.5 Å². The van der Waals surface area contributed by atoms with Crippen LogP contribution in [0.15, 0.2) is 24.7 Å². The molecule has 0 fully saturated rings. The normalized spacial score (nSPS) is 16.2. The molecule has 6 radical (unpaired) electrons. The third kappa shape index (κ3) is 6.62. The Morgan fingerprint density at radius 1 is 0.696 bits per heavy atom. The number of hydrogen-bond acceptors (Lipinski definition) is 1. The molecule has 0 rings (SSSR count). The van der Waals surface area contributed by atoms with Gasteiger partial charge in [0.2, 0.25) is 0 Å². The first-order valence-electron chi connectivity index (χ1n) is 9.36. The third-order valence-electron chi connectivity index (χ3n) is 5.60. The summed E-state index contributed by atoms with van der Waals surface area (Å²) in [5, 5.41) is 0.360. The second-order valence-corrected chi connectivity index (χ2v) is 8.54. The summed E-state index contributed by atoms with van der Waals surface area (Å²) < 4.78 is 5.66. The van der Waals surface area contributed by atoms with Crippen LogP contribution in [0.4, 0.5) is 0 Å². The van der Waals surface area contributed by atoms with Crippen molar-refractivity contribution in [3.05, 3.63) is 24.7 Å². The molecule has 0 heterocycles. The van der Waals surface area contributed by atoms with Gasteiger partial charge in [-0.25, -0.2) is 0 Å². The first kappa shape index (κ1) is 22.7. The minimum absolute atomic E-state index is 0.180. The molecular weight excluding hydrogens is 312 g/mol. The van der Waals surface area contributed by atoms with Crippen LogP contribution < -0.4 is 0 Å². The van der Waals surface area contributed by atoms with E-state index in [1.165, 1.54) is 0 Å². The summed E-state index contributed by atoms with van der Waals surface area (Å²) in [4.78, 5) is 0. The summed E-state index contributed by atoms with van der Waals surface area (Å²) >= 11 is 0. The third-order valence-corrected chi connectivity index (χ3v) is 7.76. The Labute approximate surface area is 152 Å². The van der Waals surface area contributed by atoms with E-state index < -0.39 is 0 Å². The molecule has 0 aliphatic rings. The van der Waals surface area contributed by atoms with Crippen molar-refractivity contribution in [2.45, 2.75) is 90.1 Å². The molecule has 0 aliphatic heterocycles. The van der Waals surface area contributed by atoms with Gasteiger partial charge in [-0.2, -0.15) is 0 Å². The van der Waals surface area contributed by atoms with Gasteiger partial charge in [-0.3, -0.25) is 0 Å². The maximum atomic E-state index is 5.66. The Hall–Kier alpha value is -0.286. The van der Waals surface area contributed by atoms with Gasteiger partial charge in [0.1, 0.15) is 0 Å². The number of rotatable bonds is 12. The minimum Gasteiger partial charge on any atom is -0.473 e. The summed E-state index contributed by atoms with van der Waals surface area (Å²) in [6.07, 6.45) is 14.8. The quantitative estimate of drug-likeness (QED) is 0.294. The van der Waals surface area contributed by atoms with E-state index >= 15 is 0 Å². The molecule has 23 heavy (non-hydrogen) atoms. The van der Waals surface area contributed by atoms with Crippen molar-refractivity contribution in [2.75, 3.05) is 0 Å². The molecule has 130 valence electrons. The van der Waals surface area contributed by atoms with Crippen molar-refractivity contribution in [3.63, 3.8) is 0 Å². The SMILES string of the molecule is CCC(C=COC=CC(CC)C([Si])(CC)CC)C([Si])(CC)CC. The molecular formula is C20H36OSi2. The molecule has 2 atom stereocenters. The van der Waals surface area contributed by atoms with Crippen molar-refractivity contribution in [2.24, 2.45) is 11.8 Å². The van der Waals surface area contributed by atoms with Gasteiger partial charge < -0.3 is 4.74 Å². The van der Waals surface area contributed by atoms with Crippen molar-refractivity contribution < 1.29 is 4.74 Å². The topological polar surface area (TPSA) is 9.23 Å². The Kier molecular flexibility index (Phi) is 11.2. The molecule has 0 spiro atoms. The van der Waals surface area contributed by atoms with Gasteiger partial charge in [-0.15, -0.1) is 0 Å². The van der Waals surface area contributed by atoms with Gasteiger partial charge >= 0.3 is 0 Å². The van der Waals surface area contributed by atoms with Crippen LogP contribution in [0.5, 0.6) is 0 Å². The molecule has 0 aromatic heterocycles. The van der Waals surface area contributed by atoms with E-state index in [2.05, 4.69) is 74.2 Å². The van der Waals surface area contributed by atoms with E-state index in [1.54, 1.807) is 0 Å². The van der Waals surface area contributed by atoms with Crippen LogP contribution in [0.3, 0.4) is 0 Å². The molecule has 0 saturated heterocycles. The molecule has 0 aliphatic carbocycles. The number of ether oxygens (including phenoxy) is 1. The summed E-state index contributed by atoms with van der Waals surface area (Å²) in [6.45, 7) is 13.4. The lowest BCUT2D eigenvalue weighted by Gasteiger charge is -2.34. The lowest BCUT2D eigenvalue weighted by atomic mass is 9.84. The van der Waals surface area contributed by atoms with Crippen LogP contribution in [-0.4, -0.2) is 20.5 Å². The van der Waals surface area contributed by atoms with Crippen molar-refractivity contribution in [3.8, 4) is 0 Å². The minimum atomic E-state index is 0.180. The average Bonchev–Trinajstić information content (AvgIpc) is 2.59. The smallest absolute Gasteiger partial charge is 0.0864 e. The summed E-state index contributed by atoms with van der Waals surface area (Å²) in [5.74, 6) is 0.983. The van der Waals surface area contributed by atoms with Crippen LogP contribution in [0.2, 0.25) is 10.1 Å². The second kappa shape index (κ2) is 11.3. The zero-order valence-corrected chi connectivity index (χ0v) is 18.1. The van der Waals surface area contributed by atoms with Crippen molar-refractivity contribution in [1.29, 1.82) is 0 Å². The van der Waals surface area contributed by atoms with Gasteiger partial charge in [0.15, 0.2) is 0 Å². The fourth-order valence-corrected chi connectivity index (χ4v) is 3.90. The van der Waals surface area contributed by atoms with Gasteiger partial charge in [0.25, 0.3) is 0 Å². The molecule has 1 nitrogen and oxygen atoms in total. The molecule has 0 bridgehead atoms. The maximum absolute atomic E-state index is 5.66. The average molecular weight is 349 g/mol. The molecule has 0 saturated carbocycles. The highest BCUT2D eigenvalue weighted by atomic mass is 28.1. The van der Waals surface area contributed by atoms with E-state index in [4.69, 9.17) is 4.74 Å². The zero-order valence-electron chi connectivity index (χ0n) is 16.1. The number of hydrogen-bond donors (Lipinski definition) is 0. The maximum Gasteiger partial charge on any atom is 0.0864 e. The standard InChI is InChI=1S/C20H36OSi2/c1-7-17(19(22,9-3)10-4)13-15-21-16-14-18(8-2)20(23,11-5)12-6/h13-18H,7-12H2,1-6H3. The van der Waals surface area contributed by atoms with Gasteiger partial charge in [0.05, 0.1) is 12.5 Å². The zero-order chi connectivity index (χ0) is 17.9. The van der Waals surface area contributed by atoms with E-state index in [0.29, 0.717) is 11.8 Å². The second-order valence-electron chi connectivity index (χ2n) is 6.55. The summed E-state index contributed by atoms with van der Waals surface area (Å²) in [6, 6.07) is 0. The van der Waals surface area contributed by atoms with Crippen LogP contribution in [0.25, 0.3) is 0 Å². The van der Waals surface area contributed by atoms with E-state index in [-0.39, 0.29) is 10.1 Å². The molecule has 0 aromatic carbocycles. The highest BCUT2D eigenvalue weighted by Crippen LogP contribution is 2.43. The lowest BCUT2D eigenvalue weighted by Crippen LogP contribution is -2.21. The van der Waals surface area contributed by atoms with Crippen LogP contribution in [-0.2, 0) is 4.74 Å². The number of allylic oxidation sites excluding steroid dienone is 2. The highest BCUT2D eigenvalue weighted by Gasteiger charge is 2.28. The van der Waals surface area contributed by atoms with Gasteiger partial charge in [-0.1, -0.05) is 67.2 Å². The monoisotopic (exact) mass is 348 g/mol. The van der Waals surface area contributed by atoms with E-state index in [0.717, 1.165) is 38.5 Å². The molecule has 3 heteroatoms. The van der Waals surface area contributed by atoms with Gasteiger partial charge in [-0.05, 0) is 46.9 Å². The molecule has 0 amide bonds. The fraction of sp³-hybridized carbons (Fsp3) is 0.800. The molecule has 2 unspecified atom stereocenters. The first-order valence-corrected chi connectivity index (χ1v) is 10.4. The summed E-state index contributed by atoms with van der Waals surface area (Å²) in [5.41, 5.74) is 0. The van der Waals surface area contributed by atoms with E-state index in [1.807, 2.05) is 12.5 Å². The lowest BCUT2D eigenvalue weighted by molar-refractivity contribution is 0.346. The van der Waals surface area contributed by atoms with Gasteiger partial charge in [0, 0.05) is 20.5 Å². The Morgan fingerprint density at radius 2 is 1.00 bits per heavy atom. The molecule has 0 aromatic rings. The highest BCUT2D eigenvalue weighted by molar-refractivity contribution is 6.15. The fourth-order valence-electron chi connectivity index (χ4n) is 3.30. The predicted molar refractivity (Wildman–Crippen MR) is 105 cm³/mol. The first-order chi connectivity index (χ1) is 10.9. The van der Waals surface area contributed by atoms with Crippen LogP contribution in [0, 0.1) is 11.8 Å². The predicted octanol–water partition coefficient (Wildman–Crippen LogP) is 6.38. The van der Waals surface area contributed by atoms with E-state index in [9.17, 15) is 0 Å². The van der Waals surface area contributed by atoms with Crippen LogP contribution >= 0.6 is 0 Å².